The maximum Gasteiger partial charge on any atom is 0.227 e. The van der Waals surface area contributed by atoms with Crippen molar-refractivity contribution in [2.45, 2.75) is 26.7 Å². The van der Waals surface area contributed by atoms with Crippen LogP contribution in [-0.2, 0) is 7.05 Å². The van der Waals surface area contributed by atoms with Gasteiger partial charge >= 0.3 is 0 Å². The molecule has 0 bridgehead atoms. The Kier molecular flexibility index (Phi) is 4.58. The topological polar surface area (TPSA) is 29.9 Å². The van der Waals surface area contributed by atoms with Gasteiger partial charge in [0, 0.05) is 33.7 Å². The van der Waals surface area contributed by atoms with Gasteiger partial charge in [-0.3, -0.25) is 0 Å². The van der Waals surface area contributed by atoms with Gasteiger partial charge in [-0.05, 0) is 42.7 Å². The quantitative estimate of drug-likeness (QED) is 0.309. The molecule has 0 atom stereocenters. The molecule has 0 radical (unpaired) electrons. The van der Waals surface area contributed by atoms with Crippen molar-refractivity contribution in [3.8, 4) is 22.4 Å². The van der Waals surface area contributed by atoms with Gasteiger partial charge in [-0.15, -0.1) is 0 Å². The van der Waals surface area contributed by atoms with Gasteiger partial charge in [0.25, 0.3) is 0 Å². The maximum absolute atomic E-state index is 14.3. The summed E-state index contributed by atoms with van der Waals surface area (Å²) in [6.45, 7) is 6.34. The zero-order valence-electron chi connectivity index (χ0n) is 18.1. The van der Waals surface area contributed by atoms with Gasteiger partial charge in [-0.1, -0.05) is 44.2 Å². The number of rotatable bonds is 3. The van der Waals surface area contributed by atoms with E-state index in [4.69, 9.17) is 9.40 Å². The molecule has 0 aliphatic rings. The number of furan rings is 1. The van der Waals surface area contributed by atoms with Crippen LogP contribution in [-0.4, -0.2) is 4.98 Å². The molecule has 3 aromatic heterocycles. The summed E-state index contributed by atoms with van der Waals surface area (Å²) in [4.78, 5) is 4.75. The highest BCUT2D eigenvalue weighted by Gasteiger charge is 2.22. The normalized spacial score (nSPS) is 11.7. The van der Waals surface area contributed by atoms with E-state index in [1.54, 1.807) is 12.1 Å². The Balaban J connectivity index is 1.72. The summed E-state index contributed by atoms with van der Waals surface area (Å²) < 4.78 is 22.6. The first-order valence-electron chi connectivity index (χ1n) is 10.5. The van der Waals surface area contributed by atoms with Crippen LogP contribution in [0.25, 0.3) is 44.5 Å². The number of halogens is 1. The minimum Gasteiger partial charge on any atom is -0.437 e. The van der Waals surface area contributed by atoms with Crippen LogP contribution in [0, 0.1) is 12.7 Å². The van der Waals surface area contributed by atoms with Crippen molar-refractivity contribution >= 4 is 22.1 Å². The van der Waals surface area contributed by atoms with Crippen molar-refractivity contribution < 1.29 is 13.4 Å². The van der Waals surface area contributed by atoms with Crippen LogP contribution in [0.2, 0.25) is 0 Å². The average Bonchev–Trinajstić information content (AvgIpc) is 3.12. The Labute approximate surface area is 180 Å². The fourth-order valence-electron chi connectivity index (χ4n) is 4.20. The highest BCUT2D eigenvalue weighted by molar-refractivity contribution is 6.08. The first-order valence-corrected chi connectivity index (χ1v) is 10.5. The molecular weight excluding hydrogens is 387 g/mol. The van der Waals surface area contributed by atoms with E-state index in [0.717, 1.165) is 44.4 Å². The van der Waals surface area contributed by atoms with Crippen LogP contribution in [0.1, 0.15) is 31.0 Å². The molecule has 4 heteroatoms. The minimum atomic E-state index is -0.224. The predicted molar refractivity (Wildman–Crippen MR) is 122 cm³/mol. The van der Waals surface area contributed by atoms with E-state index < -0.39 is 0 Å². The van der Waals surface area contributed by atoms with Crippen molar-refractivity contribution in [2.75, 3.05) is 0 Å². The number of fused-ring (bicyclic) bond motifs is 3. The van der Waals surface area contributed by atoms with Crippen LogP contribution in [0.3, 0.4) is 0 Å². The third kappa shape index (κ3) is 3.19. The lowest BCUT2D eigenvalue weighted by Gasteiger charge is -2.07. The first kappa shape index (κ1) is 19.4. The summed E-state index contributed by atoms with van der Waals surface area (Å²) in [5, 5.41) is 2.07. The number of aromatic nitrogens is 2. The van der Waals surface area contributed by atoms with E-state index in [2.05, 4.69) is 45.0 Å². The third-order valence-corrected chi connectivity index (χ3v) is 5.90. The maximum atomic E-state index is 14.3. The smallest absolute Gasteiger partial charge is 0.227 e. The zero-order chi connectivity index (χ0) is 21.7. The van der Waals surface area contributed by atoms with Crippen molar-refractivity contribution in [1.29, 1.82) is 0 Å². The lowest BCUT2D eigenvalue weighted by molar-refractivity contribution is -0.659. The van der Waals surface area contributed by atoms with Crippen LogP contribution in [0.15, 0.2) is 71.3 Å². The largest absolute Gasteiger partial charge is 0.437 e. The van der Waals surface area contributed by atoms with Crippen molar-refractivity contribution in [3.05, 3.63) is 83.9 Å². The second-order valence-corrected chi connectivity index (χ2v) is 8.37. The summed E-state index contributed by atoms with van der Waals surface area (Å²) >= 11 is 0. The van der Waals surface area contributed by atoms with Gasteiger partial charge in [-0.25, -0.2) is 13.9 Å². The van der Waals surface area contributed by atoms with Crippen LogP contribution >= 0.6 is 0 Å². The minimum absolute atomic E-state index is 0.224. The monoisotopic (exact) mass is 411 g/mol. The Morgan fingerprint density at radius 2 is 1.71 bits per heavy atom. The standard InChI is InChI=1S/C27H24FN2O/c1-16(2)23-13-12-21-20-11-9-17(3)25(26(20)31-27(21)29-23)24-14-10-18(15-30(24)4)19-7-5-6-8-22(19)28/h5-16H,1-4H3/q+1. The van der Waals surface area contributed by atoms with Gasteiger partial charge < -0.3 is 4.42 Å². The molecule has 0 spiro atoms. The molecule has 31 heavy (non-hydrogen) atoms. The molecule has 0 aliphatic carbocycles. The summed E-state index contributed by atoms with van der Waals surface area (Å²) in [5.74, 6) is 0.111. The van der Waals surface area contributed by atoms with Crippen molar-refractivity contribution in [3.63, 3.8) is 0 Å². The Bertz CT molecular complexity index is 1450. The summed E-state index contributed by atoms with van der Waals surface area (Å²) in [6.07, 6.45) is 1.96. The zero-order valence-corrected chi connectivity index (χ0v) is 18.1. The van der Waals surface area contributed by atoms with Crippen LogP contribution < -0.4 is 4.57 Å². The van der Waals surface area contributed by atoms with Crippen molar-refractivity contribution in [1.82, 2.24) is 4.98 Å². The van der Waals surface area contributed by atoms with E-state index in [1.165, 1.54) is 6.07 Å². The lowest BCUT2D eigenvalue weighted by Crippen LogP contribution is -2.31. The molecule has 0 amide bonds. The van der Waals surface area contributed by atoms with Gasteiger partial charge in [0.1, 0.15) is 12.9 Å². The second kappa shape index (κ2) is 7.31. The molecule has 0 saturated heterocycles. The molecule has 5 rings (SSSR count). The fraction of sp³-hybridized carbons (Fsp3) is 0.185. The van der Waals surface area contributed by atoms with Gasteiger partial charge in [0.05, 0.1) is 5.56 Å². The summed E-state index contributed by atoms with van der Waals surface area (Å²) in [5.41, 5.74) is 7.09. The first-order chi connectivity index (χ1) is 14.9. The number of hydrogen-bond acceptors (Lipinski definition) is 2. The molecule has 0 N–H and O–H groups in total. The molecular formula is C27H24FN2O+. The number of hydrogen-bond donors (Lipinski definition) is 0. The molecule has 0 unspecified atom stereocenters. The highest BCUT2D eigenvalue weighted by atomic mass is 19.1. The molecule has 2 aromatic carbocycles. The number of aryl methyl sites for hydroxylation is 2. The van der Waals surface area contributed by atoms with Crippen molar-refractivity contribution in [2.24, 2.45) is 7.05 Å². The molecule has 3 nitrogen and oxygen atoms in total. The van der Waals surface area contributed by atoms with Crippen LogP contribution in [0.5, 0.6) is 0 Å². The summed E-state index contributed by atoms with van der Waals surface area (Å²) in [7, 11) is 1.98. The lowest BCUT2D eigenvalue weighted by atomic mass is 9.99. The van der Waals surface area contributed by atoms with Crippen LogP contribution in [0.4, 0.5) is 4.39 Å². The molecule has 154 valence electrons. The molecule has 3 heterocycles. The van der Waals surface area contributed by atoms with Gasteiger partial charge in [0.15, 0.2) is 11.8 Å². The van der Waals surface area contributed by atoms with Gasteiger partial charge in [-0.2, -0.15) is 0 Å². The molecule has 0 saturated carbocycles. The SMILES string of the molecule is Cc1ccc2c(oc3nc(C(C)C)ccc32)c1-c1ccc(-c2ccccc2F)c[n+]1C. The third-order valence-electron chi connectivity index (χ3n) is 5.90. The van der Waals surface area contributed by atoms with E-state index in [1.807, 2.05) is 36.0 Å². The van der Waals surface area contributed by atoms with E-state index in [9.17, 15) is 4.39 Å². The molecule has 5 aromatic rings. The summed E-state index contributed by atoms with van der Waals surface area (Å²) in [6, 6.07) is 19.2. The number of benzene rings is 2. The number of nitrogens with zero attached hydrogens (tertiary/aromatic N) is 2. The number of pyridine rings is 2. The molecule has 0 aliphatic heterocycles. The highest BCUT2D eigenvalue weighted by Crippen LogP contribution is 2.37. The Hall–Kier alpha value is -3.53. The second-order valence-electron chi connectivity index (χ2n) is 8.37. The Morgan fingerprint density at radius 1 is 0.935 bits per heavy atom. The van der Waals surface area contributed by atoms with E-state index in [0.29, 0.717) is 17.2 Å². The average molecular weight is 412 g/mol. The predicted octanol–water partition coefficient (Wildman–Crippen LogP) is 6.71. The fourth-order valence-corrected chi connectivity index (χ4v) is 4.20. The van der Waals surface area contributed by atoms with Gasteiger partial charge in [0.2, 0.25) is 11.4 Å². The molecule has 0 fully saturated rings. The Morgan fingerprint density at radius 3 is 2.45 bits per heavy atom. The van der Waals surface area contributed by atoms with E-state index >= 15 is 0 Å². The van der Waals surface area contributed by atoms with E-state index in [-0.39, 0.29) is 5.82 Å².